The van der Waals surface area contributed by atoms with Crippen LogP contribution in [0.3, 0.4) is 0 Å². The average molecular weight is 289 g/mol. The van der Waals surface area contributed by atoms with Gasteiger partial charge in [-0.3, -0.25) is 0 Å². The van der Waals surface area contributed by atoms with E-state index < -0.39 is 0 Å². The molecule has 0 aromatic carbocycles. The Kier molecular flexibility index (Phi) is 5.47. The Morgan fingerprint density at radius 3 is 2.43 bits per heavy atom. The van der Waals surface area contributed by atoms with Crippen LogP contribution >= 0.6 is 0 Å². The number of fused-ring (bicyclic) bond motifs is 1. The number of nitrogens with zero attached hydrogens (tertiary/aromatic N) is 3. The molecule has 0 spiro atoms. The third kappa shape index (κ3) is 3.68. The second kappa shape index (κ2) is 7.33. The Labute approximate surface area is 125 Å². The van der Waals surface area contributed by atoms with Crippen molar-refractivity contribution in [3.63, 3.8) is 0 Å². The van der Waals surface area contributed by atoms with Gasteiger partial charge in [0, 0.05) is 35.6 Å². The highest BCUT2D eigenvalue weighted by atomic mass is 16.3. The number of aliphatic hydroxyl groups excluding tert-OH is 2. The van der Waals surface area contributed by atoms with Crippen molar-refractivity contribution in [2.24, 2.45) is 0 Å². The lowest BCUT2D eigenvalue weighted by molar-refractivity contribution is 0.281. The van der Waals surface area contributed by atoms with Crippen LogP contribution in [0.2, 0.25) is 0 Å². The second-order valence-corrected chi connectivity index (χ2v) is 5.14. The van der Waals surface area contributed by atoms with Crippen molar-refractivity contribution in [2.75, 3.05) is 31.2 Å². The van der Waals surface area contributed by atoms with E-state index in [1.807, 2.05) is 30.0 Å². The van der Waals surface area contributed by atoms with Crippen molar-refractivity contribution in [3.05, 3.63) is 29.6 Å². The van der Waals surface area contributed by atoms with Gasteiger partial charge in [0.1, 0.15) is 0 Å². The fourth-order valence-corrected chi connectivity index (χ4v) is 2.47. The third-order valence-electron chi connectivity index (χ3n) is 3.43. The molecule has 5 nitrogen and oxygen atoms in total. The molecule has 0 saturated carbocycles. The number of hydrogen-bond donors (Lipinski definition) is 2. The minimum absolute atomic E-state index is 0.0478. The van der Waals surface area contributed by atoms with Crippen LogP contribution in [0, 0.1) is 6.92 Å². The van der Waals surface area contributed by atoms with Gasteiger partial charge in [0.15, 0.2) is 5.65 Å². The van der Waals surface area contributed by atoms with Crippen molar-refractivity contribution < 1.29 is 10.2 Å². The molecule has 0 aliphatic rings. The van der Waals surface area contributed by atoms with Crippen LogP contribution in [0.25, 0.3) is 11.0 Å². The van der Waals surface area contributed by atoms with E-state index in [-0.39, 0.29) is 13.2 Å². The zero-order valence-electron chi connectivity index (χ0n) is 12.7. The molecule has 0 radical (unpaired) electrons. The molecule has 0 amide bonds. The summed E-state index contributed by atoms with van der Waals surface area (Å²) in [6.45, 7) is 5.14. The molecule has 0 bridgehead atoms. The molecular formula is C16H23N3O2. The Balaban J connectivity index is 2.56. The number of rotatable bonds is 7. The van der Waals surface area contributed by atoms with Crippen molar-refractivity contribution in [1.29, 1.82) is 0 Å². The fraction of sp³-hybridized carbons (Fsp3) is 0.500. The fourth-order valence-electron chi connectivity index (χ4n) is 2.47. The number of pyridine rings is 2. The van der Waals surface area contributed by atoms with Gasteiger partial charge in [-0.1, -0.05) is 13.3 Å². The molecule has 0 aliphatic carbocycles. The Morgan fingerprint density at radius 1 is 1.10 bits per heavy atom. The predicted octanol–water partition coefficient (Wildman–Crippen LogP) is 1.68. The lowest BCUT2D eigenvalue weighted by atomic mass is 10.1. The zero-order chi connectivity index (χ0) is 15.2. The summed E-state index contributed by atoms with van der Waals surface area (Å²) in [5, 5.41) is 19.5. The molecule has 21 heavy (non-hydrogen) atoms. The maximum Gasteiger partial charge on any atom is 0.161 e. The minimum Gasteiger partial charge on any atom is -0.395 e. The van der Waals surface area contributed by atoms with Crippen LogP contribution in [0.15, 0.2) is 18.2 Å². The number of hydrogen-bond acceptors (Lipinski definition) is 5. The lowest BCUT2D eigenvalue weighted by Gasteiger charge is -2.25. The summed E-state index contributed by atoms with van der Waals surface area (Å²) in [7, 11) is 0. The van der Waals surface area contributed by atoms with Crippen molar-refractivity contribution in [1.82, 2.24) is 9.97 Å². The van der Waals surface area contributed by atoms with Crippen LogP contribution in [0.5, 0.6) is 0 Å². The predicted molar refractivity (Wildman–Crippen MR) is 84.7 cm³/mol. The maximum absolute atomic E-state index is 9.26. The number of aliphatic hydroxyl groups is 2. The molecule has 2 heterocycles. The first kappa shape index (κ1) is 15.7. The molecule has 0 unspecified atom stereocenters. The quantitative estimate of drug-likeness (QED) is 0.811. The number of aryl methyl sites for hydroxylation is 2. The summed E-state index contributed by atoms with van der Waals surface area (Å²) < 4.78 is 0. The first-order valence-electron chi connectivity index (χ1n) is 7.43. The van der Waals surface area contributed by atoms with Gasteiger partial charge in [-0.2, -0.15) is 0 Å². The summed E-state index contributed by atoms with van der Waals surface area (Å²) in [4.78, 5) is 11.1. The summed E-state index contributed by atoms with van der Waals surface area (Å²) in [6.07, 6.45) is 1.91. The molecule has 0 saturated heterocycles. The van der Waals surface area contributed by atoms with Crippen molar-refractivity contribution in [2.45, 2.75) is 26.7 Å². The van der Waals surface area contributed by atoms with Gasteiger partial charge in [0.25, 0.3) is 0 Å². The van der Waals surface area contributed by atoms with Gasteiger partial charge < -0.3 is 15.1 Å². The summed E-state index contributed by atoms with van der Waals surface area (Å²) in [5.41, 5.74) is 3.65. The smallest absolute Gasteiger partial charge is 0.161 e. The Bertz CT molecular complexity index is 595. The van der Waals surface area contributed by atoms with E-state index in [9.17, 15) is 10.2 Å². The van der Waals surface area contributed by atoms with Gasteiger partial charge in [-0.15, -0.1) is 0 Å². The highest BCUT2D eigenvalue weighted by molar-refractivity contribution is 5.89. The van der Waals surface area contributed by atoms with Gasteiger partial charge >= 0.3 is 0 Å². The first-order chi connectivity index (χ1) is 10.2. The number of aromatic nitrogens is 2. The average Bonchev–Trinajstić information content (AvgIpc) is 2.46. The van der Waals surface area contributed by atoms with Crippen molar-refractivity contribution >= 4 is 16.7 Å². The van der Waals surface area contributed by atoms with Crippen LogP contribution in [-0.4, -0.2) is 46.5 Å². The molecule has 2 aromatic rings. The van der Waals surface area contributed by atoms with Crippen molar-refractivity contribution in [3.8, 4) is 0 Å². The third-order valence-corrected chi connectivity index (χ3v) is 3.43. The summed E-state index contributed by atoms with van der Waals surface area (Å²) >= 11 is 0. The largest absolute Gasteiger partial charge is 0.395 e. The van der Waals surface area contributed by atoms with E-state index >= 15 is 0 Å². The second-order valence-electron chi connectivity index (χ2n) is 5.14. The van der Waals surface area contributed by atoms with Crippen LogP contribution in [-0.2, 0) is 6.42 Å². The van der Waals surface area contributed by atoms with Gasteiger partial charge in [0.05, 0.1) is 13.2 Å². The molecular weight excluding hydrogens is 266 g/mol. The molecule has 0 fully saturated rings. The molecule has 2 aromatic heterocycles. The highest BCUT2D eigenvalue weighted by Gasteiger charge is 2.13. The molecule has 2 rings (SSSR count). The molecule has 2 N–H and O–H groups in total. The monoisotopic (exact) mass is 289 g/mol. The summed E-state index contributed by atoms with van der Waals surface area (Å²) in [5.74, 6) is 0. The van der Waals surface area contributed by atoms with Crippen LogP contribution in [0.1, 0.15) is 24.7 Å². The Morgan fingerprint density at radius 2 is 1.81 bits per heavy atom. The number of anilines is 1. The van der Waals surface area contributed by atoms with Gasteiger partial charge in [-0.25, -0.2) is 9.97 Å². The molecule has 114 valence electrons. The SMILES string of the molecule is CCCc1cc(N(CCO)CCO)c2ccc(C)nc2n1. The van der Waals surface area contributed by atoms with E-state index in [0.29, 0.717) is 13.1 Å². The normalized spacial score (nSPS) is 11.0. The minimum atomic E-state index is 0.0478. The van der Waals surface area contributed by atoms with E-state index in [1.54, 1.807) is 0 Å². The van der Waals surface area contributed by atoms with E-state index in [1.165, 1.54) is 0 Å². The summed E-state index contributed by atoms with van der Waals surface area (Å²) in [6, 6.07) is 6.02. The molecule has 5 heteroatoms. The Hall–Kier alpha value is -1.72. The van der Waals surface area contributed by atoms with Gasteiger partial charge in [-0.05, 0) is 31.5 Å². The van der Waals surface area contributed by atoms with Crippen LogP contribution < -0.4 is 4.90 Å². The van der Waals surface area contributed by atoms with E-state index in [4.69, 9.17) is 0 Å². The standard InChI is InChI=1S/C16H23N3O2/c1-3-4-13-11-15(19(7-9-20)8-10-21)14-6-5-12(2)17-16(14)18-13/h5-6,11,20-21H,3-4,7-10H2,1-2H3. The van der Waals surface area contributed by atoms with E-state index in [0.717, 1.165) is 41.0 Å². The van der Waals surface area contributed by atoms with Crippen LogP contribution in [0.4, 0.5) is 5.69 Å². The zero-order valence-corrected chi connectivity index (χ0v) is 12.7. The highest BCUT2D eigenvalue weighted by Crippen LogP contribution is 2.26. The maximum atomic E-state index is 9.26. The van der Waals surface area contributed by atoms with E-state index in [2.05, 4.69) is 16.9 Å². The van der Waals surface area contributed by atoms with Gasteiger partial charge in [0.2, 0.25) is 0 Å². The lowest BCUT2D eigenvalue weighted by Crippen LogP contribution is -2.30. The molecule has 0 aliphatic heterocycles. The molecule has 0 atom stereocenters. The topological polar surface area (TPSA) is 69.5 Å². The first-order valence-corrected chi connectivity index (χ1v) is 7.43.